The van der Waals surface area contributed by atoms with Gasteiger partial charge in [-0.1, -0.05) is 18.5 Å². The molecule has 1 amide bonds. The van der Waals surface area contributed by atoms with E-state index >= 15 is 0 Å². The largest absolute Gasteiger partial charge is 0.336 e. The molecule has 3 N–H and O–H groups in total. The maximum absolute atomic E-state index is 12.5. The summed E-state index contributed by atoms with van der Waals surface area (Å²) in [5.41, 5.74) is 2.89. The first-order chi connectivity index (χ1) is 10.1. The van der Waals surface area contributed by atoms with Crippen LogP contribution in [0.4, 0.5) is 5.82 Å². The summed E-state index contributed by atoms with van der Waals surface area (Å²) in [5, 5.41) is 0.349. The van der Waals surface area contributed by atoms with Gasteiger partial charge in [-0.3, -0.25) is 9.69 Å². The smallest absolute Gasteiger partial charge is 0.255 e. The first-order valence-electron chi connectivity index (χ1n) is 7.22. The molecule has 1 fully saturated rings. The second kappa shape index (κ2) is 7.06. The Hall–Kier alpha value is -1.37. The highest BCUT2D eigenvalue weighted by atomic mass is 35.5. The molecule has 1 aromatic rings. The Bertz CT molecular complexity index is 502. The standard InChI is InChI=1S/C14H22ClN5O/c1-3-10(2)19-4-6-20(7-5-19)14(21)11-8-12(15)13(18-16)17-9-11/h8-10H,3-7,16H2,1-2H3,(H,17,18). The Morgan fingerprint density at radius 3 is 2.67 bits per heavy atom. The van der Waals surface area contributed by atoms with Crippen molar-refractivity contribution in [1.82, 2.24) is 14.8 Å². The molecule has 0 saturated carbocycles. The number of halogens is 1. The number of anilines is 1. The van der Waals surface area contributed by atoms with Gasteiger partial charge in [-0.05, 0) is 19.4 Å². The van der Waals surface area contributed by atoms with Gasteiger partial charge in [0.2, 0.25) is 0 Å². The SMILES string of the molecule is CCC(C)N1CCN(C(=O)c2cnc(NN)c(Cl)c2)CC1. The summed E-state index contributed by atoms with van der Waals surface area (Å²) < 4.78 is 0. The molecule has 0 radical (unpaired) electrons. The van der Waals surface area contributed by atoms with Crippen molar-refractivity contribution < 1.29 is 4.79 Å². The molecule has 6 nitrogen and oxygen atoms in total. The van der Waals surface area contributed by atoms with Gasteiger partial charge < -0.3 is 10.3 Å². The molecule has 0 bridgehead atoms. The topological polar surface area (TPSA) is 74.5 Å². The summed E-state index contributed by atoms with van der Waals surface area (Å²) in [6.45, 7) is 7.69. The molecule has 1 aromatic heterocycles. The number of piperazine rings is 1. The van der Waals surface area contributed by atoms with Gasteiger partial charge in [-0.15, -0.1) is 0 Å². The second-order valence-electron chi connectivity index (χ2n) is 5.28. The van der Waals surface area contributed by atoms with Gasteiger partial charge in [0.15, 0.2) is 5.82 Å². The van der Waals surface area contributed by atoms with E-state index in [4.69, 9.17) is 17.4 Å². The Labute approximate surface area is 130 Å². The number of pyridine rings is 1. The van der Waals surface area contributed by atoms with Crippen molar-refractivity contribution in [3.8, 4) is 0 Å². The number of nitrogens with one attached hydrogen (secondary N) is 1. The predicted molar refractivity (Wildman–Crippen MR) is 84.3 cm³/mol. The van der Waals surface area contributed by atoms with Crippen LogP contribution in [0.5, 0.6) is 0 Å². The van der Waals surface area contributed by atoms with Crippen molar-refractivity contribution in [1.29, 1.82) is 0 Å². The number of nitrogens with two attached hydrogens (primary N) is 1. The van der Waals surface area contributed by atoms with E-state index < -0.39 is 0 Å². The Balaban J connectivity index is 2.00. The fourth-order valence-corrected chi connectivity index (χ4v) is 2.69. The number of hydrogen-bond acceptors (Lipinski definition) is 5. The van der Waals surface area contributed by atoms with Gasteiger partial charge in [-0.25, -0.2) is 10.8 Å². The molecule has 21 heavy (non-hydrogen) atoms. The van der Waals surface area contributed by atoms with E-state index in [9.17, 15) is 4.79 Å². The van der Waals surface area contributed by atoms with Crippen LogP contribution in [0.2, 0.25) is 5.02 Å². The van der Waals surface area contributed by atoms with Crippen LogP contribution in [0.3, 0.4) is 0 Å². The van der Waals surface area contributed by atoms with Gasteiger partial charge in [0.05, 0.1) is 10.6 Å². The fraction of sp³-hybridized carbons (Fsp3) is 0.571. The van der Waals surface area contributed by atoms with Crippen LogP contribution in [0.1, 0.15) is 30.6 Å². The molecule has 1 atom stereocenters. The molecule has 1 unspecified atom stereocenters. The highest BCUT2D eigenvalue weighted by molar-refractivity contribution is 6.33. The molecule has 0 aliphatic carbocycles. The Kier molecular flexibility index (Phi) is 5.39. The summed E-state index contributed by atoms with van der Waals surface area (Å²) in [4.78, 5) is 20.8. The molecule has 1 aliphatic heterocycles. The summed E-state index contributed by atoms with van der Waals surface area (Å²) in [7, 11) is 0. The highest BCUT2D eigenvalue weighted by Gasteiger charge is 2.24. The van der Waals surface area contributed by atoms with E-state index in [0.29, 0.717) is 22.4 Å². The van der Waals surface area contributed by atoms with Crippen LogP contribution >= 0.6 is 11.6 Å². The lowest BCUT2D eigenvalue weighted by Crippen LogP contribution is -2.51. The minimum atomic E-state index is -0.0308. The summed E-state index contributed by atoms with van der Waals surface area (Å²) >= 11 is 6.01. The van der Waals surface area contributed by atoms with E-state index in [2.05, 4.69) is 29.2 Å². The van der Waals surface area contributed by atoms with Crippen LogP contribution in [0.15, 0.2) is 12.3 Å². The van der Waals surface area contributed by atoms with Crippen molar-refractivity contribution in [3.05, 3.63) is 22.8 Å². The Morgan fingerprint density at radius 1 is 1.48 bits per heavy atom. The van der Waals surface area contributed by atoms with Crippen molar-refractivity contribution in [2.45, 2.75) is 26.3 Å². The van der Waals surface area contributed by atoms with Crippen LogP contribution in [-0.4, -0.2) is 52.9 Å². The monoisotopic (exact) mass is 311 g/mol. The summed E-state index contributed by atoms with van der Waals surface area (Å²) in [5.74, 6) is 5.62. The zero-order chi connectivity index (χ0) is 15.4. The lowest BCUT2D eigenvalue weighted by atomic mass is 10.1. The number of amides is 1. The number of hydrazine groups is 1. The first-order valence-corrected chi connectivity index (χ1v) is 7.60. The van der Waals surface area contributed by atoms with E-state index in [1.807, 2.05) is 4.90 Å². The van der Waals surface area contributed by atoms with Crippen LogP contribution in [-0.2, 0) is 0 Å². The molecule has 0 aromatic carbocycles. The van der Waals surface area contributed by atoms with Crippen molar-refractivity contribution >= 4 is 23.3 Å². The van der Waals surface area contributed by atoms with E-state index in [1.54, 1.807) is 6.07 Å². The Morgan fingerprint density at radius 2 is 2.14 bits per heavy atom. The second-order valence-corrected chi connectivity index (χ2v) is 5.69. The van der Waals surface area contributed by atoms with Crippen LogP contribution in [0.25, 0.3) is 0 Å². The minimum absolute atomic E-state index is 0.0308. The molecule has 1 aliphatic rings. The van der Waals surface area contributed by atoms with Crippen LogP contribution in [0, 0.1) is 0 Å². The molecular formula is C14H22ClN5O. The lowest BCUT2D eigenvalue weighted by molar-refractivity contribution is 0.0579. The van der Waals surface area contributed by atoms with Crippen molar-refractivity contribution in [2.24, 2.45) is 5.84 Å². The maximum Gasteiger partial charge on any atom is 0.255 e. The number of nitrogens with zero attached hydrogens (tertiary/aromatic N) is 3. The van der Waals surface area contributed by atoms with Gasteiger partial charge in [0.25, 0.3) is 5.91 Å². The van der Waals surface area contributed by atoms with Gasteiger partial charge in [0, 0.05) is 38.4 Å². The first kappa shape index (κ1) is 16.0. The van der Waals surface area contributed by atoms with Crippen molar-refractivity contribution in [3.63, 3.8) is 0 Å². The maximum atomic E-state index is 12.5. The number of hydrogen-bond donors (Lipinski definition) is 2. The third-order valence-corrected chi connectivity index (χ3v) is 4.33. The van der Waals surface area contributed by atoms with Gasteiger partial charge >= 0.3 is 0 Å². The third kappa shape index (κ3) is 3.64. The normalized spacial score (nSPS) is 17.6. The number of rotatable bonds is 4. The average Bonchev–Trinajstić information content (AvgIpc) is 2.53. The van der Waals surface area contributed by atoms with E-state index in [0.717, 1.165) is 32.6 Å². The van der Waals surface area contributed by atoms with Gasteiger partial charge in [0.1, 0.15) is 0 Å². The summed E-state index contributed by atoms with van der Waals surface area (Å²) in [6.07, 6.45) is 2.63. The fourth-order valence-electron chi connectivity index (χ4n) is 2.47. The molecule has 1 saturated heterocycles. The molecular weight excluding hydrogens is 290 g/mol. The molecule has 0 spiro atoms. The van der Waals surface area contributed by atoms with Crippen molar-refractivity contribution in [2.75, 3.05) is 31.6 Å². The lowest BCUT2D eigenvalue weighted by Gasteiger charge is -2.37. The predicted octanol–water partition coefficient (Wildman–Crippen LogP) is 1.58. The summed E-state index contributed by atoms with van der Waals surface area (Å²) in [6, 6.07) is 2.17. The average molecular weight is 312 g/mol. The quantitative estimate of drug-likeness (QED) is 0.652. The molecule has 2 heterocycles. The minimum Gasteiger partial charge on any atom is -0.336 e. The zero-order valence-corrected chi connectivity index (χ0v) is 13.2. The molecule has 2 rings (SSSR count). The number of aromatic nitrogens is 1. The number of carbonyl (C=O) groups is 1. The molecule has 116 valence electrons. The number of carbonyl (C=O) groups excluding carboxylic acids is 1. The van der Waals surface area contributed by atoms with Gasteiger partial charge in [-0.2, -0.15) is 0 Å². The number of nitrogen functional groups attached to an aromatic ring is 1. The van der Waals surface area contributed by atoms with Crippen LogP contribution < -0.4 is 11.3 Å². The highest BCUT2D eigenvalue weighted by Crippen LogP contribution is 2.20. The zero-order valence-electron chi connectivity index (χ0n) is 12.5. The molecule has 7 heteroatoms. The van der Waals surface area contributed by atoms with E-state index in [1.165, 1.54) is 6.20 Å². The van der Waals surface area contributed by atoms with E-state index in [-0.39, 0.29) is 5.91 Å². The third-order valence-electron chi connectivity index (χ3n) is 4.04.